The van der Waals surface area contributed by atoms with E-state index in [0.717, 1.165) is 5.69 Å². The summed E-state index contributed by atoms with van der Waals surface area (Å²) in [4.78, 5) is 8.28. The molecule has 18 heavy (non-hydrogen) atoms. The number of anilines is 1. The van der Waals surface area contributed by atoms with Crippen LogP contribution in [-0.4, -0.2) is 34.4 Å². The van der Waals surface area contributed by atoms with Gasteiger partial charge in [-0.25, -0.2) is 0 Å². The molecule has 0 bridgehead atoms. The summed E-state index contributed by atoms with van der Waals surface area (Å²) in [6.07, 6.45) is 1.62. The van der Waals surface area contributed by atoms with Gasteiger partial charge >= 0.3 is 0 Å². The molecule has 94 valence electrons. The molecule has 0 aliphatic carbocycles. The second-order valence-electron chi connectivity index (χ2n) is 3.34. The fourth-order valence-electron chi connectivity index (χ4n) is 1.29. The predicted octanol–water partition coefficient (Wildman–Crippen LogP) is 0.896. The van der Waals surface area contributed by atoms with Crippen molar-refractivity contribution in [2.75, 3.05) is 19.5 Å². The van der Waals surface area contributed by atoms with Crippen molar-refractivity contribution in [3.63, 3.8) is 0 Å². The first kappa shape index (κ1) is 12.0. The normalized spacial score (nSPS) is 9.89. The van der Waals surface area contributed by atoms with Gasteiger partial charge in [-0.15, -0.1) is 0 Å². The Kier molecular flexibility index (Phi) is 3.85. The Morgan fingerprint density at radius 1 is 1.17 bits per heavy atom. The van der Waals surface area contributed by atoms with Crippen molar-refractivity contribution in [2.45, 2.75) is 6.54 Å². The lowest BCUT2D eigenvalue weighted by atomic mass is 10.4. The average Bonchev–Trinajstić information content (AvgIpc) is 2.45. The summed E-state index contributed by atoms with van der Waals surface area (Å²) >= 11 is 0. The molecule has 0 aliphatic rings. The smallest absolute Gasteiger partial charge is 0.229 e. The van der Waals surface area contributed by atoms with Gasteiger partial charge in [0.25, 0.3) is 0 Å². The van der Waals surface area contributed by atoms with Gasteiger partial charge in [-0.05, 0) is 12.1 Å². The molecule has 0 amide bonds. The summed E-state index contributed by atoms with van der Waals surface area (Å²) in [5, 5.41) is 10.8. The molecule has 0 fully saturated rings. The number of ether oxygens (including phenoxy) is 2. The Hall–Kier alpha value is -2.44. The minimum Gasteiger partial charge on any atom is -0.481 e. The van der Waals surface area contributed by atoms with E-state index in [1.54, 1.807) is 12.3 Å². The van der Waals surface area contributed by atoms with Crippen LogP contribution < -0.4 is 14.8 Å². The predicted molar refractivity (Wildman–Crippen MR) is 64.5 cm³/mol. The topological polar surface area (TPSA) is 82.0 Å². The van der Waals surface area contributed by atoms with Gasteiger partial charge in [0, 0.05) is 6.20 Å². The molecule has 1 N–H and O–H groups in total. The maximum absolute atomic E-state index is 5.05. The van der Waals surface area contributed by atoms with Crippen LogP contribution in [-0.2, 0) is 6.54 Å². The van der Waals surface area contributed by atoms with Crippen LogP contribution >= 0.6 is 0 Å². The maximum Gasteiger partial charge on any atom is 0.229 e. The molecule has 0 atom stereocenters. The fourth-order valence-corrected chi connectivity index (χ4v) is 1.29. The molecule has 0 saturated carbocycles. The highest BCUT2D eigenvalue weighted by Gasteiger charge is 2.05. The van der Waals surface area contributed by atoms with Gasteiger partial charge in [0.1, 0.15) is 0 Å². The van der Waals surface area contributed by atoms with Gasteiger partial charge in [-0.1, -0.05) is 0 Å². The monoisotopic (exact) mass is 247 g/mol. The van der Waals surface area contributed by atoms with Crippen LogP contribution in [0.15, 0.2) is 24.4 Å². The van der Waals surface area contributed by atoms with Gasteiger partial charge in [0.2, 0.25) is 17.7 Å². The van der Waals surface area contributed by atoms with Crippen molar-refractivity contribution >= 4 is 5.95 Å². The Bertz CT molecular complexity index is 484. The lowest BCUT2D eigenvalue weighted by Gasteiger charge is -2.07. The number of aromatic nitrogens is 4. The summed E-state index contributed by atoms with van der Waals surface area (Å²) in [5.41, 5.74) is 0.794. The largest absolute Gasteiger partial charge is 0.481 e. The van der Waals surface area contributed by atoms with Crippen LogP contribution in [0.4, 0.5) is 5.95 Å². The van der Waals surface area contributed by atoms with Crippen LogP contribution in [0, 0.1) is 0 Å². The van der Waals surface area contributed by atoms with Crippen molar-refractivity contribution in [1.29, 1.82) is 0 Å². The van der Waals surface area contributed by atoms with Gasteiger partial charge in [-0.3, -0.25) is 0 Å². The molecule has 2 aromatic rings. The van der Waals surface area contributed by atoms with E-state index in [1.807, 2.05) is 12.1 Å². The molecule has 0 aromatic carbocycles. The Morgan fingerprint density at radius 3 is 2.44 bits per heavy atom. The number of rotatable bonds is 5. The Labute approximate surface area is 104 Å². The van der Waals surface area contributed by atoms with Crippen molar-refractivity contribution in [2.24, 2.45) is 0 Å². The van der Waals surface area contributed by atoms with E-state index in [1.165, 1.54) is 14.2 Å². The van der Waals surface area contributed by atoms with Crippen molar-refractivity contribution < 1.29 is 9.47 Å². The third-order valence-electron chi connectivity index (χ3n) is 2.15. The molecular formula is C11H13N5O2. The lowest BCUT2D eigenvalue weighted by Crippen LogP contribution is -2.07. The first-order chi connectivity index (χ1) is 8.81. The van der Waals surface area contributed by atoms with E-state index in [-0.39, 0.29) is 0 Å². The van der Waals surface area contributed by atoms with E-state index in [4.69, 9.17) is 9.47 Å². The fraction of sp³-hybridized carbons (Fsp3) is 0.273. The number of hydrogen-bond acceptors (Lipinski definition) is 7. The zero-order valence-electron chi connectivity index (χ0n) is 10.1. The summed E-state index contributed by atoms with van der Waals surface area (Å²) in [5.74, 6) is 1.28. The number of nitrogens with zero attached hydrogens (tertiary/aromatic N) is 4. The van der Waals surface area contributed by atoms with E-state index < -0.39 is 0 Å². The van der Waals surface area contributed by atoms with Crippen molar-refractivity contribution in [3.05, 3.63) is 30.1 Å². The van der Waals surface area contributed by atoms with Crippen LogP contribution in [0.2, 0.25) is 0 Å². The zero-order chi connectivity index (χ0) is 12.8. The zero-order valence-corrected chi connectivity index (χ0v) is 10.1. The minimum atomic E-state index is 0.414. The quantitative estimate of drug-likeness (QED) is 0.840. The van der Waals surface area contributed by atoms with Gasteiger partial charge in [0.05, 0.1) is 32.5 Å². The first-order valence-electron chi connectivity index (χ1n) is 5.29. The van der Waals surface area contributed by atoms with Crippen molar-refractivity contribution in [1.82, 2.24) is 20.2 Å². The van der Waals surface area contributed by atoms with E-state index in [9.17, 15) is 0 Å². The van der Waals surface area contributed by atoms with E-state index in [2.05, 4.69) is 25.5 Å². The molecule has 0 saturated heterocycles. The van der Waals surface area contributed by atoms with Crippen LogP contribution in [0.1, 0.15) is 5.69 Å². The highest BCUT2D eigenvalue weighted by Crippen LogP contribution is 2.17. The molecular weight excluding hydrogens is 234 g/mol. The van der Waals surface area contributed by atoms with Crippen LogP contribution in [0.3, 0.4) is 0 Å². The van der Waals surface area contributed by atoms with Gasteiger partial charge in [0.15, 0.2) is 0 Å². The molecule has 0 aliphatic heterocycles. The van der Waals surface area contributed by atoms with Crippen molar-refractivity contribution in [3.8, 4) is 11.8 Å². The molecule has 2 rings (SSSR count). The van der Waals surface area contributed by atoms with E-state index in [0.29, 0.717) is 24.3 Å². The maximum atomic E-state index is 5.05. The molecule has 2 aromatic heterocycles. The van der Waals surface area contributed by atoms with Gasteiger partial charge < -0.3 is 14.8 Å². The Morgan fingerprint density at radius 2 is 1.89 bits per heavy atom. The summed E-state index contributed by atoms with van der Waals surface area (Å²) in [6, 6.07) is 5.28. The highest BCUT2D eigenvalue weighted by molar-refractivity contribution is 5.33. The molecule has 0 spiro atoms. The number of methoxy groups -OCH3 is 2. The third-order valence-corrected chi connectivity index (χ3v) is 2.15. The van der Waals surface area contributed by atoms with Gasteiger partial charge in [-0.2, -0.15) is 20.2 Å². The summed E-state index contributed by atoms with van der Waals surface area (Å²) < 4.78 is 10.1. The van der Waals surface area contributed by atoms with Crippen LogP contribution in [0.25, 0.3) is 0 Å². The second-order valence-corrected chi connectivity index (χ2v) is 3.34. The minimum absolute atomic E-state index is 0.414. The summed E-state index contributed by atoms with van der Waals surface area (Å²) in [6.45, 7) is 0.476. The molecule has 7 heteroatoms. The highest BCUT2D eigenvalue weighted by atomic mass is 16.5. The first-order valence-corrected chi connectivity index (χ1v) is 5.29. The SMILES string of the molecule is COc1cc(OC)nc(NCc2cccnn2)n1. The molecule has 7 nitrogen and oxygen atoms in total. The standard InChI is InChI=1S/C11H13N5O2/c1-17-9-6-10(18-2)15-11(14-9)12-7-8-4-3-5-13-16-8/h3-6H,7H2,1-2H3,(H,12,14,15). The number of nitrogens with one attached hydrogen (secondary N) is 1. The third kappa shape index (κ3) is 3.03. The molecule has 2 heterocycles. The lowest BCUT2D eigenvalue weighted by molar-refractivity contribution is 0.373. The van der Waals surface area contributed by atoms with Crippen LogP contribution in [0.5, 0.6) is 11.8 Å². The average molecular weight is 247 g/mol. The second kappa shape index (κ2) is 5.76. The number of hydrogen-bond donors (Lipinski definition) is 1. The Balaban J connectivity index is 2.09. The molecule has 0 radical (unpaired) electrons. The van der Waals surface area contributed by atoms with E-state index >= 15 is 0 Å². The molecule has 0 unspecified atom stereocenters. The summed E-state index contributed by atoms with van der Waals surface area (Å²) in [7, 11) is 3.07.